The topological polar surface area (TPSA) is 55.1 Å². The molecule has 1 rings (SSSR count). The van der Waals surface area contributed by atoms with E-state index in [1.165, 1.54) is 6.39 Å². The van der Waals surface area contributed by atoms with Gasteiger partial charge in [-0.1, -0.05) is 13.8 Å². The van der Waals surface area contributed by atoms with Crippen LogP contribution in [-0.4, -0.2) is 16.8 Å². The first-order valence-electron chi connectivity index (χ1n) is 4.40. The minimum absolute atomic E-state index is 0.0329. The second-order valence-electron chi connectivity index (χ2n) is 3.23. The molecule has 0 aliphatic heterocycles. The van der Waals surface area contributed by atoms with Gasteiger partial charge in [0.25, 0.3) is 0 Å². The van der Waals surface area contributed by atoms with Gasteiger partial charge in [0.15, 0.2) is 6.39 Å². The lowest BCUT2D eigenvalue weighted by molar-refractivity contribution is -0.118. The molecule has 0 bridgehead atoms. The van der Waals surface area contributed by atoms with Crippen molar-refractivity contribution in [3.05, 3.63) is 17.8 Å². The molecule has 0 spiro atoms. The number of hydrogen-bond acceptors (Lipinski definition) is 3. The molecule has 0 atom stereocenters. The fourth-order valence-electron chi connectivity index (χ4n) is 1.11. The molecule has 5 heteroatoms. The van der Waals surface area contributed by atoms with E-state index in [0.717, 1.165) is 11.5 Å². The van der Waals surface area contributed by atoms with E-state index < -0.39 is 0 Å². The standard InChI is InChI=1S/C9H13ClN2O2/c1-6(2)9-7(12-5-14-9)4-11-8(13)3-10/h5-6H,3-4H2,1-2H3,(H,11,13). The van der Waals surface area contributed by atoms with Crippen LogP contribution in [-0.2, 0) is 11.3 Å². The van der Waals surface area contributed by atoms with Crippen LogP contribution in [0.2, 0.25) is 0 Å². The molecule has 1 aromatic rings. The second-order valence-corrected chi connectivity index (χ2v) is 3.50. The Labute approximate surface area is 87.6 Å². The predicted molar refractivity (Wildman–Crippen MR) is 53.2 cm³/mol. The van der Waals surface area contributed by atoms with Gasteiger partial charge in [0.1, 0.15) is 17.3 Å². The van der Waals surface area contributed by atoms with Crippen molar-refractivity contribution in [2.75, 3.05) is 5.88 Å². The fourth-order valence-corrected chi connectivity index (χ4v) is 1.20. The van der Waals surface area contributed by atoms with Crippen LogP contribution in [0.1, 0.15) is 31.2 Å². The molecule has 1 N–H and O–H groups in total. The average molecular weight is 217 g/mol. The Morgan fingerprint density at radius 2 is 2.43 bits per heavy atom. The van der Waals surface area contributed by atoms with Gasteiger partial charge < -0.3 is 9.73 Å². The van der Waals surface area contributed by atoms with Crippen molar-refractivity contribution in [1.82, 2.24) is 10.3 Å². The summed E-state index contributed by atoms with van der Waals surface area (Å²) >= 11 is 5.34. The Bertz CT molecular complexity index is 310. The van der Waals surface area contributed by atoms with E-state index in [9.17, 15) is 4.79 Å². The number of nitrogens with zero attached hydrogens (tertiary/aromatic N) is 1. The van der Waals surface area contributed by atoms with Gasteiger partial charge in [0.05, 0.1) is 6.54 Å². The molecule has 0 aliphatic carbocycles. The lowest BCUT2D eigenvalue weighted by Crippen LogP contribution is -2.24. The summed E-state index contributed by atoms with van der Waals surface area (Å²) in [6, 6.07) is 0. The Kier molecular flexibility index (Phi) is 3.95. The fraction of sp³-hybridized carbons (Fsp3) is 0.556. The number of halogens is 1. The molecule has 78 valence electrons. The van der Waals surface area contributed by atoms with Crippen LogP contribution in [0.15, 0.2) is 10.8 Å². The van der Waals surface area contributed by atoms with Crippen molar-refractivity contribution in [3.8, 4) is 0 Å². The van der Waals surface area contributed by atoms with E-state index in [2.05, 4.69) is 10.3 Å². The van der Waals surface area contributed by atoms with E-state index >= 15 is 0 Å². The summed E-state index contributed by atoms with van der Waals surface area (Å²) < 4.78 is 5.20. The van der Waals surface area contributed by atoms with Gasteiger partial charge in [-0.3, -0.25) is 4.79 Å². The van der Waals surface area contributed by atoms with Gasteiger partial charge in [-0.05, 0) is 0 Å². The summed E-state index contributed by atoms with van der Waals surface area (Å²) in [5.74, 6) is 0.833. The zero-order valence-electron chi connectivity index (χ0n) is 8.21. The molecule has 1 heterocycles. The highest BCUT2D eigenvalue weighted by Crippen LogP contribution is 2.17. The van der Waals surface area contributed by atoms with Crippen LogP contribution in [0.4, 0.5) is 0 Å². The number of hydrogen-bond donors (Lipinski definition) is 1. The monoisotopic (exact) mass is 216 g/mol. The zero-order valence-corrected chi connectivity index (χ0v) is 8.97. The van der Waals surface area contributed by atoms with Gasteiger partial charge in [0.2, 0.25) is 5.91 Å². The maximum absolute atomic E-state index is 10.9. The highest BCUT2D eigenvalue weighted by Gasteiger charge is 2.12. The van der Waals surface area contributed by atoms with E-state index in [1.807, 2.05) is 13.8 Å². The van der Waals surface area contributed by atoms with Crippen LogP contribution in [0.25, 0.3) is 0 Å². The number of alkyl halides is 1. The molecule has 0 unspecified atom stereocenters. The van der Waals surface area contributed by atoms with Crippen molar-refractivity contribution in [3.63, 3.8) is 0 Å². The molecule has 14 heavy (non-hydrogen) atoms. The van der Waals surface area contributed by atoms with Crippen molar-refractivity contribution < 1.29 is 9.21 Å². The Balaban J connectivity index is 2.58. The summed E-state index contributed by atoms with van der Waals surface area (Å²) in [5.41, 5.74) is 0.762. The quantitative estimate of drug-likeness (QED) is 0.779. The van der Waals surface area contributed by atoms with E-state index in [-0.39, 0.29) is 17.7 Å². The number of rotatable bonds is 4. The van der Waals surface area contributed by atoms with Gasteiger partial charge >= 0.3 is 0 Å². The molecule has 4 nitrogen and oxygen atoms in total. The van der Waals surface area contributed by atoms with Crippen molar-refractivity contribution in [2.45, 2.75) is 26.3 Å². The number of carbonyl (C=O) groups is 1. The largest absolute Gasteiger partial charge is 0.448 e. The number of carbonyl (C=O) groups excluding carboxylic acids is 1. The average Bonchev–Trinajstić information content (AvgIpc) is 2.62. The number of nitrogens with one attached hydrogen (secondary N) is 1. The third kappa shape index (κ3) is 2.73. The lowest BCUT2D eigenvalue weighted by atomic mass is 10.1. The predicted octanol–water partition coefficient (Wildman–Crippen LogP) is 1.65. The van der Waals surface area contributed by atoms with Crippen LogP contribution in [0, 0.1) is 0 Å². The molecule has 1 amide bonds. The number of aromatic nitrogens is 1. The van der Waals surface area contributed by atoms with E-state index in [1.54, 1.807) is 0 Å². The van der Waals surface area contributed by atoms with Crippen LogP contribution < -0.4 is 5.32 Å². The molecule has 1 aromatic heterocycles. The van der Waals surface area contributed by atoms with Crippen molar-refractivity contribution >= 4 is 17.5 Å². The minimum atomic E-state index is -0.204. The summed E-state index contributed by atoms with van der Waals surface area (Å²) in [7, 11) is 0. The molecular weight excluding hydrogens is 204 g/mol. The van der Waals surface area contributed by atoms with Gasteiger partial charge in [-0.2, -0.15) is 0 Å². The Morgan fingerprint density at radius 1 is 1.71 bits per heavy atom. The Hall–Kier alpha value is -1.03. The molecular formula is C9H13ClN2O2. The highest BCUT2D eigenvalue weighted by molar-refractivity contribution is 6.27. The zero-order chi connectivity index (χ0) is 10.6. The Morgan fingerprint density at radius 3 is 3.00 bits per heavy atom. The summed E-state index contributed by atoms with van der Waals surface area (Å²) in [6.07, 6.45) is 1.39. The SMILES string of the molecule is CC(C)c1ocnc1CNC(=O)CCl. The maximum Gasteiger partial charge on any atom is 0.235 e. The number of amides is 1. The van der Waals surface area contributed by atoms with Crippen LogP contribution in [0.3, 0.4) is 0 Å². The molecule has 0 saturated heterocycles. The van der Waals surface area contributed by atoms with E-state index in [4.69, 9.17) is 16.0 Å². The first kappa shape index (κ1) is 11.0. The first-order chi connectivity index (χ1) is 6.65. The highest BCUT2D eigenvalue weighted by atomic mass is 35.5. The van der Waals surface area contributed by atoms with Gasteiger partial charge in [-0.15, -0.1) is 11.6 Å². The molecule has 0 aliphatic rings. The van der Waals surface area contributed by atoms with Crippen LogP contribution >= 0.6 is 11.6 Å². The maximum atomic E-state index is 10.9. The number of oxazole rings is 1. The second kappa shape index (κ2) is 5.00. The van der Waals surface area contributed by atoms with Gasteiger partial charge in [-0.25, -0.2) is 4.98 Å². The normalized spacial score (nSPS) is 10.6. The first-order valence-corrected chi connectivity index (χ1v) is 4.93. The summed E-state index contributed by atoms with van der Waals surface area (Å²) in [4.78, 5) is 14.9. The molecule has 0 saturated carbocycles. The minimum Gasteiger partial charge on any atom is -0.448 e. The smallest absolute Gasteiger partial charge is 0.235 e. The van der Waals surface area contributed by atoms with Crippen molar-refractivity contribution in [2.24, 2.45) is 0 Å². The molecule has 0 fully saturated rings. The lowest BCUT2D eigenvalue weighted by Gasteiger charge is -2.04. The van der Waals surface area contributed by atoms with Crippen molar-refractivity contribution in [1.29, 1.82) is 0 Å². The van der Waals surface area contributed by atoms with E-state index in [0.29, 0.717) is 6.54 Å². The third-order valence-corrected chi connectivity index (χ3v) is 2.01. The third-order valence-electron chi connectivity index (χ3n) is 1.77. The summed E-state index contributed by atoms with van der Waals surface area (Å²) in [5, 5.41) is 2.64. The van der Waals surface area contributed by atoms with Gasteiger partial charge in [0, 0.05) is 5.92 Å². The molecule has 0 aromatic carbocycles. The van der Waals surface area contributed by atoms with Crippen LogP contribution in [0.5, 0.6) is 0 Å². The summed E-state index contributed by atoms with van der Waals surface area (Å²) in [6.45, 7) is 4.39. The molecule has 0 radical (unpaired) electrons.